The lowest BCUT2D eigenvalue weighted by molar-refractivity contribution is 0.103. The maximum Gasteiger partial charge on any atom is 0.197 e. The minimum atomic E-state index is -0.0737. The predicted octanol–water partition coefficient (Wildman–Crippen LogP) is 4.49. The average molecular weight is 387 g/mol. The van der Waals surface area contributed by atoms with Gasteiger partial charge < -0.3 is 4.74 Å². The van der Waals surface area contributed by atoms with Gasteiger partial charge in [-0.1, -0.05) is 23.7 Å². The van der Waals surface area contributed by atoms with Crippen LogP contribution in [0.1, 0.15) is 21.5 Å². The van der Waals surface area contributed by atoms with E-state index in [9.17, 15) is 4.79 Å². The molecule has 2 aromatic rings. The Morgan fingerprint density at radius 2 is 1.95 bits per heavy atom. The number of halogens is 2. The zero-order chi connectivity index (χ0) is 14.0. The summed E-state index contributed by atoms with van der Waals surface area (Å²) in [5.74, 6) is 0.500. The van der Waals surface area contributed by atoms with Gasteiger partial charge in [0.2, 0.25) is 0 Å². The number of hydrogen-bond acceptors (Lipinski definition) is 2. The van der Waals surface area contributed by atoms with Crippen molar-refractivity contribution >= 4 is 40.0 Å². The number of methoxy groups -OCH3 is 1. The van der Waals surface area contributed by atoms with Gasteiger partial charge in [0, 0.05) is 14.2 Å². The van der Waals surface area contributed by atoms with Crippen molar-refractivity contribution in [3.8, 4) is 5.75 Å². The van der Waals surface area contributed by atoms with Crippen LogP contribution in [0.3, 0.4) is 0 Å². The maximum absolute atomic E-state index is 12.6. The van der Waals surface area contributed by atoms with Crippen LogP contribution in [0.2, 0.25) is 5.02 Å². The van der Waals surface area contributed by atoms with Gasteiger partial charge >= 0.3 is 0 Å². The molecule has 0 atom stereocenters. The Morgan fingerprint density at radius 1 is 1.21 bits per heavy atom. The first-order valence-corrected chi connectivity index (χ1v) is 7.13. The Balaban J connectivity index is 2.56. The molecule has 0 aliphatic rings. The van der Waals surface area contributed by atoms with Crippen LogP contribution in [0, 0.1) is 10.5 Å². The van der Waals surface area contributed by atoms with Crippen molar-refractivity contribution in [1.82, 2.24) is 0 Å². The third-order valence-electron chi connectivity index (χ3n) is 2.92. The van der Waals surface area contributed by atoms with E-state index in [1.165, 1.54) is 0 Å². The van der Waals surface area contributed by atoms with E-state index in [1.807, 2.05) is 19.1 Å². The number of ether oxygens (including phenoxy) is 1. The van der Waals surface area contributed by atoms with Crippen LogP contribution >= 0.6 is 34.2 Å². The van der Waals surface area contributed by atoms with Gasteiger partial charge in [0.1, 0.15) is 5.75 Å². The third kappa shape index (κ3) is 2.92. The third-order valence-corrected chi connectivity index (χ3v) is 4.00. The molecular formula is C15H12ClIO2. The van der Waals surface area contributed by atoms with Gasteiger partial charge in [-0.25, -0.2) is 0 Å². The van der Waals surface area contributed by atoms with Gasteiger partial charge in [0.15, 0.2) is 5.78 Å². The fourth-order valence-electron chi connectivity index (χ4n) is 1.86. The Kier molecular flexibility index (Phi) is 4.47. The predicted molar refractivity (Wildman–Crippen MR) is 85.3 cm³/mol. The van der Waals surface area contributed by atoms with E-state index in [0.717, 1.165) is 9.13 Å². The molecule has 0 heterocycles. The Hall–Kier alpha value is -1.07. The zero-order valence-electron chi connectivity index (χ0n) is 10.5. The topological polar surface area (TPSA) is 26.3 Å². The van der Waals surface area contributed by atoms with Crippen molar-refractivity contribution in [1.29, 1.82) is 0 Å². The first kappa shape index (κ1) is 14.3. The van der Waals surface area contributed by atoms with Crippen molar-refractivity contribution in [2.24, 2.45) is 0 Å². The molecule has 0 radical (unpaired) electrons. The summed E-state index contributed by atoms with van der Waals surface area (Å²) in [4.78, 5) is 12.6. The lowest BCUT2D eigenvalue weighted by Crippen LogP contribution is -2.06. The summed E-state index contributed by atoms with van der Waals surface area (Å²) in [6, 6.07) is 10.9. The Bertz CT molecular complexity index is 638. The van der Waals surface area contributed by atoms with Crippen LogP contribution in [-0.2, 0) is 0 Å². The van der Waals surface area contributed by atoms with Crippen molar-refractivity contribution in [3.05, 3.63) is 61.7 Å². The van der Waals surface area contributed by atoms with Gasteiger partial charge in [-0.3, -0.25) is 4.79 Å². The van der Waals surface area contributed by atoms with E-state index >= 15 is 0 Å². The second kappa shape index (κ2) is 5.92. The molecule has 0 bridgehead atoms. The number of carbonyl (C=O) groups is 1. The zero-order valence-corrected chi connectivity index (χ0v) is 13.4. The summed E-state index contributed by atoms with van der Waals surface area (Å²) in [6.45, 7) is 1.84. The number of carbonyl (C=O) groups excluding carboxylic acids is 1. The quantitative estimate of drug-likeness (QED) is 0.574. The van der Waals surface area contributed by atoms with Gasteiger partial charge in [-0.15, -0.1) is 0 Å². The molecule has 0 aliphatic heterocycles. The van der Waals surface area contributed by atoms with Crippen LogP contribution in [0.15, 0.2) is 36.4 Å². The first-order valence-electron chi connectivity index (χ1n) is 5.68. The van der Waals surface area contributed by atoms with Crippen molar-refractivity contribution in [3.63, 3.8) is 0 Å². The minimum absolute atomic E-state index is 0.0737. The number of rotatable bonds is 3. The minimum Gasteiger partial charge on any atom is -0.496 e. The molecule has 0 amide bonds. The lowest BCUT2D eigenvalue weighted by Gasteiger charge is -2.10. The monoisotopic (exact) mass is 386 g/mol. The van der Waals surface area contributed by atoms with Crippen molar-refractivity contribution < 1.29 is 9.53 Å². The molecule has 0 N–H and O–H groups in total. The molecule has 0 spiro atoms. The molecule has 2 nitrogen and oxygen atoms in total. The maximum atomic E-state index is 12.6. The first-order chi connectivity index (χ1) is 9.04. The van der Waals surface area contributed by atoms with Gasteiger partial charge in [0.25, 0.3) is 0 Å². The van der Waals surface area contributed by atoms with E-state index in [2.05, 4.69) is 22.6 Å². The van der Waals surface area contributed by atoms with Crippen molar-refractivity contribution in [2.45, 2.75) is 6.92 Å². The largest absolute Gasteiger partial charge is 0.496 e. The molecule has 98 valence electrons. The van der Waals surface area contributed by atoms with E-state index in [0.29, 0.717) is 21.9 Å². The molecule has 0 saturated carbocycles. The van der Waals surface area contributed by atoms with Crippen molar-refractivity contribution in [2.75, 3.05) is 7.11 Å². The van der Waals surface area contributed by atoms with Crippen LogP contribution in [-0.4, -0.2) is 12.9 Å². The van der Waals surface area contributed by atoms with Crippen LogP contribution < -0.4 is 4.74 Å². The molecular weight excluding hydrogens is 375 g/mol. The Morgan fingerprint density at radius 3 is 2.63 bits per heavy atom. The molecule has 2 rings (SSSR count). The number of ketones is 1. The molecule has 0 saturated heterocycles. The average Bonchev–Trinajstić information content (AvgIpc) is 2.41. The van der Waals surface area contributed by atoms with E-state index in [1.54, 1.807) is 31.4 Å². The standard InChI is InChI=1S/C15H12ClIO2/c1-9-11(4-3-5-13(9)16)15(18)12-8-10(17)6-7-14(12)19-2/h3-8H,1-2H3. The van der Waals surface area contributed by atoms with Gasteiger partial charge in [0.05, 0.1) is 12.7 Å². The molecule has 0 aliphatic carbocycles. The molecule has 0 fully saturated rings. The highest BCUT2D eigenvalue weighted by Crippen LogP contribution is 2.27. The van der Waals surface area contributed by atoms with E-state index in [-0.39, 0.29) is 5.78 Å². The summed E-state index contributed by atoms with van der Waals surface area (Å²) in [5, 5.41) is 0.593. The van der Waals surface area contributed by atoms with Crippen LogP contribution in [0.5, 0.6) is 5.75 Å². The highest BCUT2D eigenvalue weighted by Gasteiger charge is 2.17. The van der Waals surface area contributed by atoms with Crippen LogP contribution in [0.4, 0.5) is 0 Å². The summed E-state index contributed by atoms with van der Waals surface area (Å²) in [7, 11) is 1.56. The van der Waals surface area contributed by atoms with E-state index in [4.69, 9.17) is 16.3 Å². The molecule has 2 aromatic carbocycles. The van der Waals surface area contributed by atoms with Crippen LogP contribution in [0.25, 0.3) is 0 Å². The summed E-state index contributed by atoms with van der Waals surface area (Å²) in [5.41, 5.74) is 1.95. The SMILES string of the molecule is COc1ccc(I)cc1C(=O)c1cccc(Cl)c1C. The summed E-state index contributed by atoms with van der Waals surface area (Å²) >= 11 is 8.24. The lowest BCUT2D eigenvalue weighted by atomic mass is 9.98. The molecule has 0 unspecified atom stereocenters. The second-order valence-corrected chi connectivity index (χ2v) is 5.74. The smallest absolute Gasteiger partial charge is 0.197 e. The molecule has 4 heteroatoms. The summed E-state index contributed by atoms with van der Waals surface area (Å²) in [6.07, 6.45) is 0. The fraction of sp³-hybridized carbons (Fsp3) is 0.133. The highest BCUT2D eigenvalue weighted by molar-refractivity contribution is 14.1. The second-order valence-electron chi connectivity index (χ2n) is 4.09. The van der Waals surface area contributed by atoms with Gasteiger partial charge in [-0.05, 0) is 59.3 Å². The fourth-order valence-corrected chi connectivity index (χ4v) is 2.52. The Labute approximate surface area is 130 Å². The number of benzene rings is 2. The van der Waals surface area contributed by atoms with E-state index < -0.39 is 0 Å². The number of hydrogen-bond donors (Lipinski definition) is 0. The molecule has 19 heavy (non-hydrogen) atoms. The van der Waals surface area contributed by atoms with Gasteiger partial charge in [-0.2, -0.15) is 0 Å². The normalized spacial score (nSPS) is 10.3. The highest BCUT2D eigenvalue weighted by atomic mass is 127. The summed E-state index contributed by atoms with van der Waals surface area (Å²) < 4.78 is 6.24. The molecule has 0 aromatic heterocycles.